The number of ether oxygens (including phenoxy) is 2. The summed E-state index contributed by atoms with van der Waals surface area (Å²) in [6, 6.07) is 0. The van der Waals surface area contributed by atoms with Crippen molar-refractivity contribution in [3.05, 3.63) is 0 Å². The molecule has 0 amide bonds. The molecule has 1 rings (SSSR count). The molecule has 0 aliphatic heterocycles. The largest absolute Gasteiger partial charge is 0.463 e. The van der Waals surface area contributed by atoms with Gasteiger partial charge < -0.3 is 9.47 Å². The van der Waals surface area contributed by atoms with Gasteiger partial charge in [-0.2, -0.15) is 0 Å². The molecule has 0 heterocycles. The number of unbranched alkanes of at least 4 members (excludes halogenated alkanes) is 12. The lowest BCUT2D eigenvalue weighted by atomic mass is 10.0. The van der Waals surface area contributed by atoms with Gasteiger partial charge in [-0.15, -0.1) is 0 Å². The molecule has 1 aliphatic rings. The van der Waals surface area contributed by atoms with Crippen molar-refractivity contribution in [3.63, 3.8) is 0 Å². The molecule has 0 radical (unpaired) electrons. The Hall–Kier alpha value is -0.570. The van der Waals surface area contributed by atoms with Crippen molar-refractivity contribution in [2.45, 2.75) is 129 Å². The predicted molar refractivity (Wildman–Crippen MR) is 114 cm³/mol. The topological polar surface area (TPSA) is 35.5 Å². The third kappa shape index (κ3) is 16.1. The van der Waals surface area contributed by atoms with Gasteiger partial charge in [0, 0.05) is 13.0 Å². The van der Waals surface area contributed by atoms with Crippen LogP contribution in [0.2, 0.25) is 0 Å². The Balaban J connectivity index is 1.82. The van der Waals surface area contributed by atoms with E-state index < -0.39 is 0 Å². The van der Waals surface area contributed by atoms with E-state index >= 15 is 0 Å². The normalized spacial score (nSPS) is 15.0. The van der Waals surface area contributed by atoms with E-state index in [1.807, 2.05) is 6.92 Å². The molecular weight excluding hydrogens is 336 g/mol. The van der Waals surface area contributed by atoms with Gasteiger partial charge in [0.15, 0.2) is 0 Å². The summed E-state index contributed by atoms with van der Waals surface area (Å²) in [6.45, 7) is 5.43. The lowest BCUT2D eigenvalue weighted by Gasteiger charge is -2.16. The van der Waals surface area contributed by atoms with Crippen LogP contribution < -0.4 is 0 Å². The Bertz CT molecular complexity index is 339. The van der Waals surface area contributed by atoms with Gasteiger partial charge in [0.2, 0.25) is 0 Å². The van der Waals surface area contributed by atoms with Crippen LogP contribution in [0.1, 0.15) is 123 Å². The van der Waals surface area contributed by atoms with E-state index in [9.17, 15) is 4.79 Å². The highest BCUT2D eigenvalue weighted by Gasteiger charge is 2.26. The first-order chi connectivity index (χ1) is 13.3. The van der Waals surface area contributed by atoms with E-state index in [4.69, 9.17) is 9.47 Å². The number of hydrogen-bond acceptors (Lipinski definition) is 3. The molecule has 1 saturated carbocycles. The number of carbonyl (C=O) groups is 1. The molecule has 3 heteroatoms. The molecule has 0 spiro atoms. The van der Waals surface area contributed by atoms with E-state index in [2.05, 4.69) is 6.92 Å². The molecule has 0 saturated heterocycles. The second kappa shape index (κ2) is 17.5. The summed E-state index contributed by atoms with van der Waals surface area (Å²) < 4.78 is 11.1. The number of carbonyl (C=O) groups excluding carboxylic acids is 1. The predicted octanol–water partition coefficient (Wildman–Crippen LogP) is 7.22. The molecule has 1 aliphatic carbocycles. The summed E-state index contributed by atoms with van der Waals surface area (Å²) in [5.41, 5.74) is 0. The van der Waals surface area contributed by atoms with Crippen LogP contribution in [0.25, 0.3) is 0 Å². The summed E-state index contributed by atoms with van der Waals surface area (Å²) in [5.74, 6) is 0.764. The Kier molecular flexibility index (Phi) is 15.9. The van der Waals surface area contributed by atoms with Crippen LogP contribution in [0.15, 0.2) is 0 Å². The second-order valence-electron chi connectivity index (χ2n) is 8.43. The summed E-state index contributed by atoms with van der Waals surface area (Å²) in [6.07, 6.45) is 21.6. The monoisotopic (exact) mass is 382 g/mol. The smallest absolute Gasteiger partial charge is 0.305 e. The third-order valence-corrected chi connectivity index (χ3v) is 5.61. The Morgan fingerprint density at radius 2 is 1.33 bits per heavy atom. The molecule has 0 aromatic carbocycles. The Morgan fingerprint density at radius 3 is 1.81 bits per heavy atom. The van der Waals surface area contributed by atoms with Crippen LogP contribution in [-0.2, 0) is 14.3 Å². The first-order valence-corrected chi connectivity index (χ1v) is 12.0. The lowest BCUT2D eigenvalue weighted by Crippen LogP contribution is -2.23. The highest BCUT2D eigenvalue weighted by atomic mass is 16.6. The van der Waals surface area contributed by atoms with Gasteiger partial charge in [0.1, 0.15) is 6.61 Å². The maximum Gasteiger partial charge on any atom is 0.305 e. The fourth-order valence-corrected chi connectivity index (χ4v) is 3.69. The van der Waals surface area contributed by atoms with Crippen molar-refractivity contribution in [1.29, 1.82) is 0 Å². The molecule has 0 bridgehead atoms. The number of hydrogen-bond donors (Lipinski definition) is 0. The molecule has 1 atom stereocenters. The van der Waals surface area contributed by atoms with Crippen molar-refractivity contribution in [2.75, 3.05) is 13.2 Å². The van der Waals surface area contributed by atoms with E-state index in [-0.39, 0.29) is 12.1 Å². The van der Waals surface area contributed by atoms with Crippen LogP contribution in [0.4, 0.5) is 0 Å². The molecule has 27 heavy (non-hydrogen) atoms. The standard InChI is InChI=1S/C24H46O3/c1-3-5-6-7-8-9-10-11-12-13-14-15-16-17-24(25)27-21-23(26-4-2)20-22-18-19-22/h22-23H,3-21H2,1-2H3. The fourth-order valence-electron chi connectivity index (χ4n) is 3.69. The van der Waals surface area contributed by atoms with Crippen molar-refractivity contribution in [1.82, 2.24) is 0 Å². The molecule has 3 nitrogen and oxygen atoms in total. The maximum absolute atomic E-state index is 11.9. The minimum atomic E-state index is -0.0430. The van der Waals surface area contributed by atoms with Crippen molar-refractivity contribution < 1.29 is 14.3 Å². The molecule has 0 aromatic heterocycles. The highest BCUT2D eigenvalue weighted by Crippen LogP contribution is 2.34. The second-order valence-corrected chi connectivity index (χ2v) is 8.43. The molecule has 160 valence electrons. The first kappa shape index (κ1) is 24.5. The summed E-state index contributed by atoms with van der Waals surface area (Å²) in [7, 11) is 0. The van der Waals surface area contributed by atoms with E-state index in [1.54, 1.807) is 0 Å². The van der Waals surface area contributed by atoms with E-state index in [0.717, 1.165) is 25.2 Å². The first-order valence-electron chi connectivity index (χ1n) is 12.0. The van der Waals surface area contributed by atoms with E-state index in [1.165, 1.54) is 83.5 Å². The van der Waals surface area contributed by atoms with Crippen LogP contribution in [0.5, 0.6) is 0 Å². The lowest BCUT2D eigenvalue weighted by molar-refractivity contribution is -0.148. The fraction of sp³-hybridized carbons (Fsp3) is 0.958. The van der Waals surface area contributed by atoms with Gasteiger partial charge in [-0.3, -0.25) is 4.79 Å². The van der Waals surface area contributed by atoms with Gasteiger partial charge in [-0.25, -0.2) is 0 Å². The minimum absolute atomic E-state index is 0.0430. The maximum atomic E-state index is 11.9. The third-order valence-electron chi connectivity index (χ3n) is 5.61. The average molecular weight is 383 g/mol. The molecular formula is C24H46O3. The summed E-state index contributed by atoms with van der Waals surface area (Å²) in [5, 5.41) is 0. The zero-order chi connectivity index (χ0) is 19.6. The van der Waals surface area contributed by atoms with Gasteiger partial charge >= 0.3 is 5.97 Å². The van der Waals surface area contributed by atoms with Crippen LogP contribution in [-0.4, -0.2) is 25.3 Å². The Labute approximate surface area is 169 Å². The highest BCUT2D eigenvalue weighted by molar-refractivity contribution is 5.69. The van der Waals surface area contributed by atoms with Gasteiger partial charge in [0.25, 0.3) is 0 Å². The quantitative estimate of drug-likeness (QED) is 0.165. The Morgan fingerprint density at radius 1 is 0.815 bits per heavy atom. The molecule has 1 unspecified atom stereocenters. The average Bonchev–Trinajstić information content (AvgIpc) is 3.48. The van der Waals surface area contributed by atoms with Gasteiger partial charge in [0.05, 0.1) is 6.10 Å². The van der Waals surface area contributed by atoms with Gasteiger partial charge in [-0.05, 0) is 25.7 Å². The van der Waals surface area contributed by atoms with E-state index in [0.29, 0.717) is 19.6 Å². The minimum Gasteiger partial charge on any atom is -0.463 e. The molecule has 0 N–H and O–H groups in total. The summed E-state index contributed by atoms with van der Waals surface area (Å²) >= 11 is 0. The van der Waals surface area contributed by atoms with Crippen molar-refractivity contribution >= 4 is 5.97 Å². The van der Waals surface area contributed by atoms with Crippen molar-refractivity contribution in [2.24, 2.45) is 5.92 Å². The van der Waals surface area contributed by atoms with Crippen LogP contribution >= 0.6 is 0 Å². The zero-order valence-electron chi connectivity index (χ0n) is 18.3. The molecule has 0 aromatic rings. The number of rotatable bonds is 20. The summed E-state index contributed by atoms with van der Waals surface area (Å²) in [4.78, 5) is 11.9. The molecule has 1 fully saturated rings. The SMILES string of the molecule is CCCCCCCCCCCCCCCC(=O)OCC(CC1CC1)OCC. The zero-order valence-corrected chi connectivity index (χ0v) is 18.3. The van der Waals surface area contributed by atoms with Gasteiger partial charge in [-0.1, -0.05) is 96.8 Å². The number of esters is 1. The van der Waals surface area contributed by atoms with Crippen LogP contribution in [0.3, 0.4) is 0 Å². The van der Waals surface area contributed by atoms with Crippen LogP contribution in [0, 0.1) is 5.92 Å². The van der Waals surface area contributed by atoms with Crippen molar-refractivity contribution in [3.8, 4) is 0 Å².